The van der Waals surface area contributed by atoms with E-state index in [1.165, 1.54) is 11.3 Å². The van der Waals surface area contributed by atoms with E-state index in [1.807, 2.05) is 6.92 Å². The van der Waals surface area contributed by atoms with Gasteiger partial charge in [0.05, 0.1) is 6.42 Å². The minimum absolute atomic E-state index is 0.0352. The Morgan fingerprint density at radius 2 is 1.90 bits per heavy atom. The molecule has 2 rings (SSSR count). The standard InChI is InChI=1S/C10H11N5O3S2/c1-2-5-12-15-10(20-5)11-8(18)9-14-13-6(19-9)3-4-7(16)17/h2-4H2,1H3,(H,16,17)(H,11,15,18). The number of nitrogens with zero attached hydrogens (tertiary/aromatic N) is 4. The molecule has 2 N–H and O–H groups in total. The molecule has 2 aromatic rings. The van der Waals surface area contributed by atoms with E-state index in [9.17, 15) is 9.59 Å². The van der Waals surface area contributed by atoms with Crippen LogP contribution in [0.25, 0.3) is 0 Å². The highest BCUT2D eigenvalue weighted by Crippen LogP contribution is 2.18. The van der Waals surface area contributed by atoms with E-state index in [1.54, 1.807) is 0 Å². The summed E-state index contributed by atoms with van der Waals surface area (Å²) in [6, 6.07) is 0. The second-order valence-corrected chi connectivity index (χ2v) is 5.83. The van der Waals surface area contributed by atoms with Gasteiger partial charge < -0.3 is 5.11 Å². The van der Waals surface area contributed by atoms with E-state index in [0.29, 0.717) is 10.1 Å². The van der Waals surface area contributed by atoms with Crippen LogP contribution in [0.2, 0.25) is 0 Å². The van der Waals surface area contributed by atoms with Gasteiger partial charge in [0, 0.05) is 6.42 Å². The summed E-state index contributed by atoms with van der Waals surface area (Å²) in [5.74, 6) is -1.32. The van der Waals surface area contributed by atoms with Crippen LogP contribution in [0.4, 0.5) is 5.13 Å². The first-order valence-corrected chi connectivity index (χ1v) is 7.39. The summed E-state index contributed by atoms with van der Waals surface area (Å²) in [7, 11) is 0. The lowest BCUT2D eigenvalue weighted by atomic mass is 10.3. The number of hydrogen-bond acceptors (Lipinski definition) is 8. The molecule has 8 nitrogen and oxygen atoms in total. The predicted molar refractivity (Wildman–Crippen MR) is 73.1 cm³/mol. The molecular weight excluding hydrogens is 302 g/mol. The maximum Gasteiger partial charge on any atom is 0.303 e. The number of rotatable bonds is 6. The van der Waals surface area contributed by atoms with Crippen molar-refractivity contribution in [3.8, 4) is 0 Å². The minimum atomic E-state index is -0.910. The molecule has 0 unspecified atom stereocenters. The molecule has 1 amide bonds. The van der Waals surface area contributed by atoms with Gasteiger partial charge in [-0.05, 0) is 6.42 Å². The maximum absolute atomic E-state index is 11.9. The summed E-state index contributed by atoms with van der Waals surface area (Å²) in [5, 5.41) is 28.4. The fourth-order valence-electron chi connectivity index (χ4n) is 1.26. The van der Waals surface area contributed by atoms with Crippen molar-refractivity contribution in [2.24, 2.45) is 0 Å². The van der Waals surface area contributed by atoms with Gasteiger partial charge in [-0.2, -0.15) is 0 Å². The molecule has 0 bridgehead atoms. The molecule has 0 atom stereocenters. The van der Waals surface area contributed by atoms with Gasteiger partial charge in [-0.15, -0.1) is 20.4 Å². The number of carboxylic acids is 1. The molecule has 0 radical (unpaired) electrons. The molecule has 0 aromatic carbocycles. The largest absolute Gasteiger partial charge is 0.481 e. The van der Waals surface area contributed by atoms with E-state index in [4.69, 9.17) is 5.11 Å². The van der Waals surface area contributed by atoms with E-state index in [-0.39, 0.29) is 17.8 Å². The molecular formula is C10H11N5O3S2. The second kappa shape index (κ2) is 6.48. The summed E-state index contributed by atoms with van der Waals surface area (Å²) in [6.07, 6.45) is 0.983. The number of aliphatic carboxylic acids is 1. The highest BCUT2D eigenvalue weighted by Gasteiger charge is 2.15. The highest BCUT2D eigenvalue weighted by atomic mass is 32.1. The van der Waals surface area contributed by atoms with Crippen LogP contribution in [0.1, 0.15) is 33.2 Å². The number of nitrogens with one attached hydrogen (secondary N) is 1. The molecule has 2 heterocycles. The van der Waals surface area contributed by atoms with Gasteiger partial charge in [-0.3, -0.25) is 14.9 Å². The molecule has 20 heavy (non-hydrogen) atoms. The van der Waals surface area contributed by atoms with Crippen molar-refractivity contribution < 1.29 is 14.7 Å². The third kappa shape index (κ3) is 3.78. The molecule has 2 aromatic heterocycles. The Kier molecular flexibility index (Phi) is 4.69. The first-order valence-electron chi connectivity index (χ1n) is 5.76. The monoisotopic (exact) mass is 313 g/mol. The van der Waals surface area contributed by atoms with Crippen LogP contribution in [0.3, 0.4) is 0 Å². The SMILES string of the molecule is CCc1nnc(NC(=O)c2nnc(CCC(=O)O)s2)s1. The van der Waals surface area contributed by atoms with Crippen LogP contribution < -0.4 is 5.32 Å². The van der Waals surface area contributed by atoms with E-state index in [2.05, 4.69) is 25.7 Å². The fourth-order valence-corrected chi connectivity index (χ4v) is 2.67. The summed E-state index contributed by atoms with van der Waals surface area (Å²) in [5.41, 5.74) is 0. The van der Waals surface area contributed by atoms with Crippen LogP contribution in [0.15, 0.2) is 0 Å². The summed E-state index contributed by atoms with van der Waals surface area (Å²) in [4.78, 5) is 22.3. The Bertz CT molecular complexity index is 624. The third-order valence-electron chi connectivity index (χ3n) is 2.20. The zero-order valence-corrected chi connectivity index (χ0v) is 12.1. The van der Waals surface area contributed by atoms with Gasteiger partial charge in [0.2, 0.25) is 10.1 Å². The van der Waals surface area contributed by atoms with Crippen molar-refractivity contribution >= 4 is 39.7 Å². The number of aryl methyl sites for hydroxylation is 2. The fraction of sp³-hybridized carbons (Fsp3) is 0.400. The minimum Gasteiger partial charge on any atom is -0.481 e. The smallest absolute Gasteiger partial charge is 0.303 e. The highest BCUT2D eigenvalue weighted by molar-refractivity contribution is 7.16. The zero-order chi connectivity index (χ0) is 14.5. The number of carbonyl (C=O) groups is 2. The average Bonchev–Trinajstić information content (AvgIpc) is 3.04. The second-order valence-electron chi connectivity index (χ2n) is 3.70. The van der Waals surface area contributed by atoms with Crippen LogP contribution >= 0.6 is 22.7 Å². The van der Waals surface area contributed by atoms with Gasteiger partial charge in [-0.25, -0.2) is 0 Å². The topological polar surface area (TPSA) is 118 Å². The first-order chi connectivity index (χ1) is 9.58. The number of anilines is 1. The lowest BCUT2D eigenvalue weighted by molar-refractivity contribution is -0.136. The molecule has 0 spiro atoms. The lowest BCUT2D eigenvalue weighted by Crippen LogP contribution is -2.11. The maximum atomic E-state index is 11.9. The summed E-state index contributed by atoms with van der Waals surface area (Å²) < 4.78 is 0. The van der Waals surface area contributed by atoms with Crippen molar-refractivity contribution in [2.75, 3.05) is 5.32 Å². The van der Waals surface area contributed by atoms with Gasteiger partial charge in [-0.1, -0.05) is 29.6 Å². The zero-order valence-electron chi connectivity index (χ0n) is 10.5. The van der Waals surface area contributed by atoms with Crippen molar-refractivity contribution in [1.29, 1.82) is 0 Å². The molecule has 0 saturated heterocycles. The predicted octanol–water partition coefficient (Wildman–Crippen LogP) is 1.22. The molecule has 0 aliphatic rings. The number of amides is 1. The van der Waals surface area contributed by atoms with Gasteiger partial charge in [0.1, 0.15) is 10.0 Å². The van der Waals surface area contributed by atoms with Crippen LogP contribution in [-0.2, 0) is 17.6 Å². The molecule has 0 aliphatic carbocycles. The Labute approximate surface area is 121 Å². The molecule has 0 fully saturated rings. The first kappa shape index (κ1) is 14.5. The number of aromatic nitrogens is 4. The van der Waals surface area contributed by atoms with Crippen LogP contribution in [0.5, 0.6) is 0 Å². The van der Waals surface area contributed by atoms with E-state index >= 15 is 0 Å². The third-order valence-corrected chi connectivity index (χ3v) is 4.17. The molecule has 0 aliphatic heterocycles. The number of carbonyl (C=O) groups excluding carboxylic acids is 1. The quantitative estimate of drug-likeness (QED) is 0.823. The number of carboxylic acid groups (broad SMARTS) is 1. The summed E-state index contributed by atoms with van der Waals surface area (Å²) >= 11 is 2.38. The van der Waals surface area contributed by atoms with Crippen molar-refractivity contribution in [1.82, 2.24) is 20.4 Å². The van der Waals surface area contributed by atoms with Crippen molar-refractivity contribution in [2.45, 2.75) is 26.2 Å². The normalized spacial score (nSPS) is 10.4. The van der Waals surface area contributed by atoms with Crippen molar-refractivity contribution in [3.63, 3.8) is 0 Å². The van der Waals surface area contributed by atoms with Crippen molar-refractivity contribution in [3.05, 3.63) is 15.0 Å². The molecule has 0 saturated carbocycles. The van der Waals surface area contributed by atoms with Crippen LogP contribution in [-0.4, -0.2) is 37.4 Å². The lowest BCUT2D eigenvalue weighted by Gasteiger charge is -1.94. The van der Waals surface area contributed by atoms with Gasteiger partial charge >= 0.3 is 5.97 Å². The van der Waals surface area contributed by atoms with E-state index in [0.717, 1.165) is 22.8 Å². The average molecular weight is 313 g/mol. The Morgan fingerprint density at radius 3 is 2.55 bits per heavy atom. The molecule has 10 heteroatoms. The Balaban J connectivity index is 1.97. The molecule has 106 valence electrons. The van der Waals surface area contributed by atoms with Crippen LogP contribution in [0, 0.1) is 0 Å². The summed E-state index contributed by atoms with van der Waals surface area (Å²) in [6.45, 7) is 1.95. The Morgan fingerprint density at radius 1 is 1.15 bits per heavy atom. The van der Waals surface area contributed by atoms with Gasteiger partial charge in [0.15, 0.2) is 0 Å². The number of hydrogen-bond donors (Lipinski definition) is 2. The van der Waals surface area contributed by atoms with E-state index < -0.39 is 11.9 Å². The Hall–Kier alpha value is -1.94. The van der Waals surface area contributed by atoms with Gasteiger partial charge in [0.25, 0.3) is 5.91 Å².